The van der Waals surface area contributed by atoms with E-state index in [-0.39, 0.29) is 29.9 Å². The summed E-state index contributed by atoms with van der Waals surface area (Å²) < 4.78 is 28.3. The number of nitrogens with zero attached hydrogens (tertiary/aromatic N) is 1. The lowest BCUT2D eigenvalue weighted by Gasteiger charge is -2.23. The van der Waals surface area contributed by atoms with Gasteiger partial charge in [0.05, 0.1) is 11.4 Å². The van der Waals surface area contributed by atoms with E-state index in [1.807, 2.05) is 44.2 Å². The molecule has 2 aromatic rings. The van der Waals surface area contributed by atoms with Gasteiger partial charge in [0.15, 0.2) is 0 Å². The molecule has 0 radical (unpaired) electrons. The second-order valence-corrected chi connectivity index (χ2v) is 9.32. The minimum atomic E-state index is -3.81. The number of rotatable bonds is 9. The zero-order valence-electron chi connectivity index (χ0n) is 15.6. The van der Waals surface area contributed by atoms with E-state index in [0.29, 0.717) is 0 Å². The second-order valence-electron chi connectivity index (χ2n) is 6.47. The Morgan fingerprint density at radius 1 is 1.11 bits per heavy atom. The molecular formula is C20H25BrN2O3S. The summed E-state index contributed by atoms with van der Waals surface area (Å²) in [5.74, 6) is -0.299. The highest BCUT2D eigenvalue weighted by molar-refractivity contribution is 9.10. The summed E-state index contributed by atoms with van der Waals surface area (Å²) in [4.78, 5) is 12.6. The molecule has 7 heteroatoms. The van der Waals surface area contributed by atoms with E-state index >= 15 is 0 Å². The monoisotopic (exact) mass is 452 g/mol. The van der Waals surface area contributed by atoms with Crippen molar-refractivity contribution in [1.29, 1.82) is 0 Å². The maximum absolute atomic E-state index is 13.1. The molecule has 2 aromatic carbocycles. The Morgan fingerprint density at radius 3 is 2.33 bits per heavy atom. The molecule has 146 valence electrons. The highest BCUT2D eigenvalue weighted by atomic mass is 79.9. The first kappa shape index (κ1) is 21.6. The molecule has 27 heavy (non-hydrogen) atoms. The van der Waals surface area contributed by atoms with Crippen molar-refractivity contribution >= 4 is 31.9 Å². The number of sulfonamides is 1. The summed E-state index contributed by atoms with van der Waals surface area (Å²) in [6.45, 7) is 3.88. The lowest BCUT2D eigenvalue weighted by Crippen LogP contribution is -2.43. The summed E-state index contributed by atoms with van der Waals surface area (Å²) in [5, 5.41) is 2.88. The lowest BCUT2D eigenvalue weighted by atomic mass is 10.2. The third-order valence-corrected chi connectivity index (χ3v) is 6.44. The van der Waals surface area contributed by atoms with E-state index in [1.165, 1.54) is 16.4 Å². The Balaban J connectivity index is 2.26. The van der Waals surface area contributed by atoms with Crippen LogP contribution < -0.4 is 5.32 Å². The van der Waals surface area contributed by atoms with Crippen LogP contribution in [0.15, 0.2) is 64.0 Å². The van der Waals surface area contributed by atoms with Gasteiger partial charge in [-0.05, 0) is 43.2 Å². The number of hydrogen-bond donors (Lipinski definition) is 1. The number of hydrogen-bond acceptors (Lipinski definition) is 3. The first-order valence-electron chi connectivity index (χ1n) is 8.92. The SMILES string of the molecule is CCCC(C)NC(=O)CN(Cc1ccccc1)S(=O)(=O)c1ccc(Br)cc1. The summed E-state index contributed by atoms with van der Waals surface area (Å²) in [6.07, 6.45) is 1.80. The van der Waals surface area contributed by atoms with Gasteiger partial charge < -0.3 is 5.32 Å². The number of carbonyl (C=O) groups excluding carboxylic acids is 1. The first-order valence-corrected chi connectivity index (χ1v) is 11.1. The lowest BCUT2D eigenvalue weighted by molar-refractivity contribution is -0.122. The summed E-state index contributed by atoms with van der Waals surface area (Å²) >= 11 is 3.31. The molecule has 0 saturated carbocycles. The van der Waals surface area contributed by atoms with Crippen LogP contribution in [0.3, 0.4) is 0 Å². The van der Waals surface area contributed by atoms with Crippen LogP contribution in [0.5, 0.6) is 0 Å². The number of benzene rings is 2. The first-order chi connectivity index (χ1) is 12.8. The smallest absolute Gasteiger partial charge is 0.243 e. The molecule has 0 fully saturated rings. The fraction of sp³-hybridized carbons (Fsp3) is 0.350. The predicted molar refractivity (Wildman–Crippen MR) is 111 cm³/mol. The van der Waals surface area contributed by atoms with Crippen molar-refractivity contribution in [1.82, 2.24) is 9.62 Å². The van der Waals surface area contributed by atoms with Crippen molar-refractivity contribution in [2.45, 2.75) is 44.2 Å². The molecule has 1 unspecified atom stereocenters. The highest BCUT2D eigenvalue weighted by Crippen LogP contribution is 2.20. The molecule has 2 rings (SSSR count). The van der Waals surface area contributed by atoms with Crippen LogP contribution in [-0.2, 0) is 21.4 Å². The second kappa shape index (κ2) is 10.0. The molecule has 5 nitrogen and oxygen atoms in total. The number of nitrogens with one attached hydrogen (secondary N) is 1. The Bertz CT molecular complexity index is 839. The van der Waals surface area contributed by atoms with Crippen LogP contribution in [0.4, 0.5) is 0 Å². The van der Waals surface area contributed by atoms with Crippen molar-refractivity contribution in [3.05, 3.63) is 64.6 Å². The average Bonchev–Trinajstić information content (AvgIpc) is 2.62. The molecule has 0 aliphatic heterocycles. The van der Waals surface area contributed by atoms with Gasteiger partial charge in [0.25, 0.3) is 0 Å². The number of halogens is 1. The van der Waals surface area contributed by atoms with Crippen molar-refractivity contribution in [2.75, 3.05) is 6.54 Å². The fourth-order valence-corrected chi connectivity index (χ4v) is 4.40. The Kier molecular flexibility index (Phi) is 8.01. The molecule has 0 bridgehead atoms. The molecule has 1 amide bonds. The zero-order valence-corrected chi connectivity index (χ0v) is 18.0. The zero-order chi connectivity index (χ0) is 19.9. The van der Waals surface area contributed by atoms with Crippen molar-refractivity contribution in [3.8, 4) is 0 Å². The molecule has 0 heterocycles. The van der Waals surface area contributed by atoms with Crippen LogP contribution in [0, 0.1) is 0 Å². The topological polar surface area (TPSA) is 66.5 Å². The minimum Gasteiger partial charge on any atom is -0.353 e. The third kappa shape index (κ3) is 6.45. The molecule has 1 atom stereocenters. The number of amides is 1. The Morgan fingerprint density at radius 2 is 1.74 bits per heavy atom. The van der Waals surface area contributed by atoms with E-state index in [0.717, 1.165) is 22.9 Å². The predicted octanol–water partition coefficient (Wildman–Crippen LogP) is 3.94. The van der Waals surface area contributed by atoms with E-state index < -0.39 is 10.0 Å². The summed E-state index contributed by atoms with van der Waals surface area (Å²) in [7, 11) is -3.81. The maximum Gasteiger partial charge on any atom is 0.243 e. The van der Waals surface area contributed by atoms with Crippen molar-refractivity contribution in [2.24, 2.45) is 0 Å². The van der Waals surface area contributed by atoms with Gasteiger partial charge in [-0.25, -0.2) is 8.42 Å². The summed E-state index contributed by atoms with van der Waals surface area (Å²) in [5.41, 5.74) is 0.826. The quantitative estimate of drug-likeness (QED) is 0.626. The van der Waals surface area contributed by atoms with Gasteiger partial charge in [-0.15, -0.1) is 0 Å². The van der Waals surface area contributed by atoms with Gasteiger partial charge in [0.1, 0.15) is 0 Å². The molecule has 0 saturated heterocycles. The van der Waals surface area contributed by atoms with E-state index in [9.17, 15) is 13.2 Å². The fourth-order valence-electron chi connectivity index (χ4n) is 2.75. The van der Waals surface area contributed by atoms with Crippen LogP contribution in [-0.4, -0.2) is 31.2 Å². The van der Waals surface area contributed by atoms with Gasteiger partial charge in [0, 0.05) is 17.1 Å². The van der Waals surface area contributed by atoms with Gasteiger partial charge in [-0.1, -0.05) is 59.6 Å². The Hall–Kier alpha value is -1.70. The van der Waals surface area contributed by atoms with E-state index in [4.69, 9.17) is 0 Å². The standard InChI is InChI=1S/C20H25BrN2O3S/c1-3-7-16(2)22-20(24)15-23(14-17-8-5-4-6-9-17)27(25,26)19-12-10-18(21)11-13-19/h4-6,8-13,16H,3,7,14-15H2,1-2H3,(H,22,24). The van der Waals surface area contributed by atoms with Crippen LogP contribution >= 0.6 is 15.9 Å². The van der Waals surface area contributed by atoms with E-state index in [1.54, 1.807) is 12.1 Å². The highest BCUT2D eigenvalue weighted by Gasteiger charge is 2.27. The van der Waals surface area contributed by atoms with E-state index in [2.05, 4.69) is 21.2 Å². The van der Waals surface area contributed by atoms with Gasteiger partial charge >= 0.3 is 0 Å². The summed E-state index contributed by atoms with van der Waals surface area (Å²) in [6, 6.07) is 15.7. The molecular weight excluding hydrogens is 428 g/mol. The molecule has 0 spiro atoms. The van der Waals surface area contributed by atoms with Crippen LogP contribution in [0.1, 0.15) is 32.3 Å². The van der Waals surface area contributed by atoms with Gasteiger partial charge in [0.2, 0.25) is 15.9 Å². The Labute approximate surface area is 170 Å². The molecule has 0 aromatic heterocycles. The number of carbonyl (C=O) groups is 1. The molecule has 0 aliphatic carbocycles. The van der Waals surface area contributed by atoms with Crippen LogP contribution in [0.2, 0.25) is 0 Å². The third-order valence-electron chi connectivity index (χ3n) is 4.10. The average molecular weight is 453 g/mol. The molecule has 1 N–H and O–H groups in total. The molecule has 0 aliphatic rings. The van der Waals surface area contributed by atoms with Gasteiger partial charge in [-0.3, -0.25) is 4.79 Å². The maximum atomic E-state index is 13.1. The van der Waals surface area contributed by atoms with Crippen LogP contribution in [0.25, 0.3) is 0 Å². The minimum absolute atomic E-state index is 0.0106. The van der Waals surface area contributed by atoms with Crippen molar-refractivity contribution in [3.63, 3.8) is 0 Å². The normalized spacial score (nSPS) is 12.7. The van der Waals surface area contributed by atoms with Crippen molar-refractivity contribution < 1.29 is 13.2 Å². The largest absolute Gasteiger partial charge is 0.353 e. The van der Waals surface area contributed by atoms with Gasteiger partial charge in [-0.2, -0.15) is 4.31 Å².